The molecule has 1 aliphatic rings. The van der Waals surface area contributed by atoms with Gasteiger partial charge in [-0.05, 0) is 36.2 Å². The van der Waals surface area contributed by atoms with Crippen molar-refractivity contribution in [2.45, 2.75) is 18.8 Å². The van der Waals surface area contributed by atoms with Gasteiger partial charge >= 0.3 is 0 Å². The Morgan fingerprint density at radius 1 is 1.20 bits per heavy atom. The summed E-state index contributed by atoms with van der Waals surface area (Å²) >= 11 is 0. The molecule has 3 rings (SSSR count). The van der Waals surface area contributed by atoms with E-state index in [0.717, 1.165) is 28.4 Å². The molecule has 1 unspecified atom stereocenters. The van der Waals surface area contributed by atoms with Crippen molar-refractivity contribution in [3.63, 3.8) is 0 Å². The molecule has 1 N–H and O–H groups in total. The van der Waals surface area contributed by atoms with E-state index in [1.807, 2.05) is 42.5 Å². The molecule has 0 radical (unpaired) electrons. The van der Waals surface area contributed by atoms with E-state index in [1.54, 1.807) is 14.2 Å². The fraction of sp³-hybridized carbons (Fsp3) is 0.350. The summed E-state index contributed by atoms with van der Waals surface area (Å²) in [6.45, 7) is 1.12. The summed E-state index contributed by atoms with van der Waals surface area (Å²) in [5, 5.41) is 2.99. The van der Waals surface area contributed by atoms with Crippen LogP contribution in [0.15, 0.2) is 42.5 Å². The highest BCUT2D eigenvalue weighted by molar-refractivity contribution is 5.77. The molecule has 0 saturated heterocycles. The molecular weight excluding hydrogens is 318 g/mol. The number of methoxy groups -OCH3 is 2. The molecule has 1 heterocycles. The average Bonchev–Trinajstić information content (AvgIpc) is 3.04. The van der Waals surface area contributed by atoms with Gasteiger partial charge in [0.2, 0.25) is 5.91 Å². The predicted molar refractivity (Wildman–Crippen MR) is 95.6 cm³/mol. The van der Waals surface area contributed by atoms with Gasteiger partial charge in [-0.15, -0.1) is 0 Å². The molecule has 1 aliphatic heterocycles. The van der Waals surface area contributed by atoms with Crippen LogP contribution in [0.1, 0.15) is 23.5 Å². The topological polar surface area (TPSA) is 56.8 Å². The van der Waals surface area contributed by atoms with Crippen LogP contribution in [0.4, 0.5) is 0 Å². The van der Waals surface area contributed by atoms with Gasteiger partial charge in [0.05, 0.1) is 20.8 Å². The van der Waals surface area contributed by atoms with Gasteiger partial charge in [0.1, 0.15) is 17.2 Å². The third-order valence-corrected chi connectivity index (χ3v) is 4.43. The zero-order valence-corrected chi connectivity index (χ0v) is 14.6. The summed E-state index contributed by atoms with van der Waals surface area (Å²) in [6.07, 6.45) is 1.12. The van der Waals surface area contributed by atoms with E-state index in [-0.39, 0.29) is 11.8 Å². The van der Waals surface area contributed by atoms with E-state index in [2.05, 4.69) is 5.32 Å². The summed E-state index contributed by atoms with van der Waals surface area (Å²) in [4.78, 5) is 12.3. The maximum absolute atomic E-state index is 12.3. The number of carbonyl (C=O) groups is 1. The van der Waals surface area contributed by atoms with Crippen molar-refractivity contribution in [3.05, 3.63) is 53.6 Å². The Labute approximate surface area is 147 Å². The van der Waals surface area contributed by atoms with E-state index in [9.17, 15) is 4.79 Å². The number of nitrogens with one attached hydrogen (secondary N) is 1. The second-order valence-corrected chi connectivity index (χ2v) is 6.03. The molecular formula is C20H23NO4. The maximum Gasteiger partial charge on any atom is 0.220 e. The predicted octanol–water partition coefficient (Wildman–Crippen LogP) is 2.93. The van der Waals surface area contributed by atoms with Crippen LogP contribution in [-0.2, 0) is 11.2 Å². The summed E-state index contributed by atoms with van der Waals surface area (Å²) in [5.41, 5.74) is 2.13. The average molecular weight is 341 g/mol. The van der Waals surface area contributed by atoms with Crippen LogP contribution in [0, 0.1) is 0 Å². The van der Waals surface area contributed by atoms with Gasteiger partial charge in [0, 0.05) is 24.4 Å². The van der Waals surface area contributed by atoms with Crippen molar-refractivity contribution in [2.24, 2.45) is 0 Å². The SMILES string of the molecule is COc1ccc(OC)c(CCNC(=O)CC2COc3ccccc32)c1. The fourth-order valence-corrected chi connectivity index (χ4v) is 3.11. The fourth-order valence-electron chi connectivity index (χ4n) is 3.11. The molecule has 0 bridgehead atoms. The minimum atomic E-state index is 0.0344. The molecule has 2 aromatic carbocycles. The summed E-state index contributed by atoms with van der Waals surface area (Å²) < 4.78 is 16.2. The number of hydrogen-bond acceptors (Lipinski definition) is 4. The molecule has 1 amide bonds. The van der Waals surface area contributed by atoms with Crippen LogP contribution in [0.3, 0.4) is 0 Å². The van der Waals surface area contributed by atoms with Crippen molar-refractivity contribution in [3.8, 4) is 17.2 Å². The van der Waals surface area contributed by atoms with Crippen LogP contribution in [0.2, 0.25) is 0 Å². The van der Waals surface area contributed by atoms with Crippen LogP contribution in [0.25, 0.3) is 0 Å². The molecule has 0 aromatic heterocycles. The number of amides is 1. The van der Waals surface area contributed by atoms with E-state index in [1.165, 1.54) is 0 Å². The second-order valence-electron chi connectivity index (χ2n) is 6.03. The van der Waals surface area contributed by atoms with E-state index < -0.39 is 0 Å². The van der Waals surface area contributed by atoms with Gasteiger partial charge in [0.15, 0.2) is 0 Å². The normalized spacial score (nSPS) is 15.2. The minimum absolute atomic E-state index is 0.0344. The largest absolute Gasteiger partial charge is 0.497 e. The van der Waals surface area contributed by atoms with Gasteiger partial charge in [-0.25, -0.2) is 0 Å². The summed E-state index contributed by atoms with van der Waals surface area (Å²) in [6, 6.07) is 13.6. The lowest BCUT2D eigenvalue weighted by atomic mass is 9.97. The lowest BCUT2D eigenvalue weighted by Gasteiger charge is -2.12. The molecule has 5 nitrogen and oxygen atoms in total. The van der Waals surface area contributed by atoms with Crippen LogP contribution >= 0.6 is 0 Å². The van der Waals surface area contributed by atoms with Crippen molar-refractivity contribution < 1.29 is 19.0 Å². The lowest BCUT2D eigenvalue weighted by molar-refractivity contribution is -0.121. The first kappa shape index (κ1) is 17.1. The number of para-hydroxylation sites is 1. The quantitative estimate of drug-likeness (QED) is 0.841. The number of rotatable bonds is 7. The highest BCUT2D eigenvalue weighted by atomic mass is 16.5. The Morgan fingerprint density at radius 2 is 2.04 bits per heavy atom. The Bertz CT molecular complexity index is 744. The number of hydrogen-bond donors (Lipinski definition) is 1. The van der Waals surface area contributed by atoms with Gasteiger partial charge in [0.25, 0.3) is 0 Å². The zero-order chi connectivity index (χ0) is 17.6. The van der Waals surface area contributed by atoms with Crippen molar-refractivity contribution >= 4 is 5.91 Å². The number of carbonyl (C=O) groups excluding carboxylic acids is 1. The highest BCUT2D eigenvalue weighted by Gasteiger charge is 2.25. The molecule has 1 atom stereocenters. The first-order valence-corrected chi connectivity index (χ1v) is 8.40. The van der Waals surface area contributed by atoms with Crippen LogP contribution < -0.4 is 19.5 Å². The summed E-state index contributed by atoms with van der Waals surface area (Å²) in [7, 11) is 3.27. The van der Waals surface area contributed by atoms with Gasteiger partial charge in [-0.1, -0.05) is 18.2 Å². The number of ether oxygens (including phenoxy) is 3. The lowest BCUT2D eigenvalue weighted by Crippen LogP contribution is -2.27. The van der Waals surface area contributed by atoms with Gasteiger partial charge < -0.3 is 19.5 Å². The minimum Gasteiger partial charge on any atom is -0.497 e. The molecule has 0 aliphatic carbocycles. The molecule has 132 valence electrons. The third kappa shape index (κ3) is 4.05. The summed E-state index contributed by atoms with van der Waals surface area (Å²) in [5.74, 6) is 2.63. The second kappa shape index (κ2) is 7.92. The molecule has 0 spiro atoms. The molecule has 0 saturated carbocycles. The molecule has 25 heavy (non-hydrogen) atoms. The highest BCUT2D eigenvalue weighted by Crippen LogP contribution is 2.35. The third-order valence-electron chi connectivity index (χ3n) is 4.43. The van der Waals surface area contributed by atoms with E-state index in [0.29, 0.717) is 26.0 Å². The first-order valence-electron chi connectivity index (χ1n) is 8.40. The Morgan fingerprint density at radius 3 is 2.84 bits per heavy atom. The maximum atomic E-state index is 12.3. The van der Waals surface area contributed by atoms with E-state index in [4.69, 9.17) is 14.2 Å². The standard InChI is InChI=1S/C20H23NO4/c1-23-16-7-8-18(24-2)14(11-16)9-10-21-20(22)12-15-13-25-19-6-4-3-5-17(15)19/h3-8,11,15H,9-10,12-13H2,1-2H3,(H,21,22). The van der Waals surface area contributed by atoms with Crippen molar-refractivity contribution in [2.75, 3.05) is 27.4 Å². The zero-order valence-electron chi connectivity index (χ0n) is 14.6. The Hall–Kier alpha value is -2.69. The molecule has 5 heteroatoms. The van der Waals surface area contributed by atoms with Crippen molar-refractivity contribution in [1.82, 2.24) is 5.32 Å². The Kier molecular flexibility index (Phi) is 5.43. The van der Waals surface area contributed by atoms with Gasteiger partial charge in [-0.2, -0.15) is 0 Å². The number of benzene rings is 2. The Balaban J connectivity index is 1.52. The smallest absolute Gasteiger partial charge is 0.220 e. The van der Waals surface area contributed by atoms with Crippen LogP contribution in [-0.4, -0.2) is 33.3 Å². The number of fused-ring (bicyclic) bond motifs is 1. The van der Waals surface area contributed by atoms with Crippen molar-refractivity contribution in [1.29, 1.82) is 0 Å². The van der Waals surface area contributed by atoms with E-state index >= 15 is 0 Å². The molecule has 0 fully saturated rings. The molecule has 2 aromatic rings. The van der Waals surface area contributed by atoms with Crippen LogP contribution in [0.5, 0.6) is 17.2 Å². The first-order chi connectivity index (χ1) is 12.2. The monoisotopic (exact) mass is 341 g/mol. The van der Waals surface area contributed by atoms with Gasteiger partial charge in [-0.3, -0.25) is 4.79 Å².